The summed E-state index contributed by atoms with van der Waals surface area (Å²) in [5, 5.41) is 0. The van der Waals surface area contributed by atoms with Gasteiger partial charge in [-0.1, -0.05) is 0 Å². The van der Waals surface area contributed by atoms with Crippen molar-refractivity contribution in [1.29, 1.82) is 0 Å². The fourth-order valence-corrected chi connectivity index (χ4v) is 2.08. The molecule has 0 bridgehead atoms. The van der Waals surface area contributed by atoms with E-state index in [9.17, 15) is 4.79 Å². The first-order chi connectivity index (χ1) is 8.74. The second kappa shape index (κ2) is 5.80. The van der Waals surface area contributed by atoms with Gasteiger partial charge in [-0.3, -0.25) is 4.79 Å². The molecule has 0 aromatic carbocycles. The molecule has 5 nitrogen and oxygen atoms in total. The number of ether oxygens (including phenoxy) is 2. The average molecular weight is 250 g/mol. The van der Waals surface area contributed by atoms with Crippen molar-refractivity contribution in [2.24, 2.45) is 5.92 Å². The molecule has 98 valence electrons. The smallest absolute Gasteiger partial charge is 0.306 e. The maximum absolute atomic E-state index is 11.6. The van der Waals surface area contributed by atoms with Crippen LogP contribution in [0.25, 0.3) is 0 Å². The van der Waals surface area contributed by atoms with E-state index in [1.54, 1.807) is 7.11 Å². The fraction of sp³-hybridized carbons (Fsp3) is 0.615. The van der Waals surface area contributed by atoms with Crippen molar-refractivity contribution in [3.8, 4) is 5.88 Å². The van der Waals surface area contributed by atoms with Crippen LogP contribution in [-0.4, -0.2) is 29.7 Å². The van der Waals surface area contributed by atoms with Gasteiger partial charge >= 0.3 is 5.97 Å². The Morgan fingerprint density at radius 3 is 2.89 bits per heavy atom. The number of aromatic nitrogens is 2. The van der Waals surface area contributed by atoms with E-state index in [4.69, 9.17) is 9.47 Å². The number of carbonyl (C=O) groups is 1. The molecule has 1 saturated carbocycles. The molecule has 18 heavy (non-hydrogen) atoms. The Bertz CT molecular complexity index is 418. The van der Waals surface area contributed by atoms with E-state index in [-0.39, 0.29) is 11.9 Å². The summed E-state index contributed by atoms with van der Waals surface area (Å²) in [4.78, 5) is 19.9. The summed E-state index contributed by atoms with van der Waals surface area (Å²) in [6.45, 7) is 2.24. The summed E-state index contributed by atoms with van der Waals surface area (Å²) < 4.78 is 10.1. The predicted octanol–water partition coefficient (Wildman–Crippen LogP) is 1.93. The Morgan fingerprint density at radius 2 is 2.28 bits per heavy atom. The SMILES string of the molecule is CCOC(=O)CC(c1cc(OC)ncn1)C1CC1. The molecule has 0 saturated heterocycles. The van der Waals surface area contributed by atoms with E-state index in [1.165, 1.54) is 6.33 Å². The van der Waals surface area contributed by atoms with E-state index in [1.807, 2.05) is 13.0 Å². The normalized spacial score (nSPS) is 16.1. The van der Waals surface area contributed by atoms with Gasteiger partial charge in [0, 0.05) is 12.0 Å². The summed E-state index contributed by atoms with van der Waals surface area (Å²) in [6, 6.07) is 1.81. The molecule has 1 fully saturated rings. The van der Waals surface area contributed by atoms with Gasteiger partial charge < -0.3 is 9.47 Å². The molecule has 5 heteroatoms. The van der Waals surface area contributed by atoms with Crippen LogP contribution >= 0.6 is 0 Å². The van der Waals surface area contributed by atoms with Crippen molar-refractivity contribution in [3.05, 3.63) is 18.1 Å². The molecule has 1 aliphatic carbocycles. The van der Waals surface area contributed by atoms with E-state index < -0.39 is 0 Å². The lowest BCUT2D eigenvalue weighted by molar-refractivity contribution is -0.143. The highest BCUT2D eigenvalue weighted by atomic mass is 16.5. The van der Waals surface area contributed by atoms with Crippen molar-refractivity contribution in [3.63, 3.8) is 0 Å². The second-order valence-electron chi connectivity index (χ2n) is 4.44. The monoisotopic (exact) mass is 250 g/mol. The Labute approximate surface area is 107 Å². The zero-order valence-electron chi connectivity index (χ0n) is 10.8. The van der Waals surface area contributed by atoms with Crippen LogP contribution in [0.1, 0.15) is 37.8 Å². The topological polar surface area (TPSA) is 61.3 Å². The highest BCUT2D eigenvalue weighted by Crippen LogP contribution is 2.44. The third-order valence-corrected chi connectivity index (χ3v) is 3.14. The standard InChI is InChI=1S/C13H18N2O3/c1-3-18-13(16)6-10(9-4-5-9)11-7-12(17-2)15-8-14-11/h7-10H,3-6H2,1-2H3. The zero-order valence-corrected chi connectivity index (χ0v) is 10.8. The molecular weight excluding hydrogens is 232 g/mol. The average Bonchev–Trinajstić information content (AvgIpc) is 3.20. The lowest BCUT2D eigenvalue weighted by atomic mass is 9.95. The number of rotatable bonds is 6. The van der Waals surface area contributed by atoms with Gasteiger partial charge in [0.15, 0.2) is 0 Å². The molecule has 1 aromatic rings. The quantitative estimate of drug-likeness (QED) is 0.722. The van der Waals surface area contributed by atoms with Crippen molar-refractivity contribution in [2.75, 3.05) is 13.7 Å². The summed E-state index contributed by atoms with van der Waals surface area (Å²) in [7, 11) is 1.57. The molecule has 0 amide bonds. The minimum absolute atomic E-state index is 0.126. The molecule has 1 aliphatic rings. The van der Waals surface area contributed by atoms with E-state index in [0.717, 1.165) is 18.5 Å². The van der Waals surface area contributed by atoms with E-state index in [2.05, 4.69) is 9.97 Å². The van der Waals surface area contributed by atoms with E-state index >= 15 is 0 Å². The molecule has 1 aromatic heterocycles. The molecule has 0 aliphatic heterocycles. The number of nitrogens with zero attached hydrogens (tertiary/aromatic N) is 2. The van der Waals surface area contributed by atoms with Crippen LogP contribution in [0.5, 0.6) is 5.88 Å². The summed E-state index contributed by atoms with van der Waals surface area (Å²) in [5.41, 5.74) is 0.873. The molecule has 0 N–H and O–H groups in total. The third kappa shape index (κ3) is 3.18. The van der Waals surface area contributed by atoms with E-state index in [0.29, 0.717) is 24.8 Å². The van der Waals surface area contributed by atoms with Gasteiger partial charge in [0.05, 0.1) is 25.8 Å². The maximum Gasteiger partial charge on any atom is 0.306 e. The predicted molar refractivity (Wildman–Crippen MR) is 65.3 cm³/mol. The maximum atomic E-state index is 11.6. The lowest BCUT2D eigenvalue weighted by Crippen LogP contribution is -2.13. The molecule has 2 rings (SSSR count). The Morgan fingerprint density at radius 1 is 1.50 bits per heavy atom. The Hall–Kier alpha value is -1.65. The van der Waals surface area contributed by atoms with Crippen LogP contribution in [0.3, 0.4) is 0 Å². The van der Waals surface area contributed by atoms with Crippen molar-refractivity contribution in [2.45, 2.75) is 32.1 Å². The first kappa shape index (κ1) is 12.8. The van der Waals surface area contributed by atoms with Gasteiger partial charge in [-0.25, -0.2) is 9.97 Å². The van der Waals surface area contributed by atoms with Crippen molar-refractivity contribution < 1.29 is 14.3 Å². The van der Waals surface area contributed by atoms with Crippen LogP contribution in [0.4, 0.5) is 0 Å². The number of methoxy groups -OCH3 is 1. The second-order valence-corrected chi connectivity index (χ2v) is 4.44. The van der Waals surface area contributed by atoms with Crippen LogP contribution in [0.15, 0.2) is 12.4 Å². The first-order valence-electron chi connectivity index (χ1n) is 6.26. The van der Waals surface area contributed by atoms with Gasteiger partial charge in [0.25, 0.3) is 0 Å². The van der Waals surface area contributed by atoms with Gasteiger partial charge in [-0.05, 0) is 25.7 Å². The fourth-order valence-electron chi connectivity index (χ4n) is 2.08. The number of carbonyl (C=O) groups excluding carboxylic acids is 1. The molecular formula is C13H18N2O3. The molecule has 1 atom stereocenters. The van der Waals surface area contributed by atoms with Crippen LogP contribution in [0, 0.1) is 5.92 Å². The van der Waals surface area contributed by atoms with Crippen molar-refractivity contribution >= 4 is 5.97 Å². The Kier molecular flexibility index (Phi) is 4.12. The van der Waals surface area contributed by atoms with Gasteiger partial charge in [-0.2, -0.15) is 0 Å². The summed E-state index contributed by atoms with van der Waals surface area (Å²) >= 11 is 0. The molecule has 0 spiro atoms. The van der Waals surface area contributed by atoms with Crippen LogP contribution < -0.4 is 4.74 Å². The number of hydrogen-bond donors (Lipinski definition) is 0. The van der Waals surface area contributed by atoms with Gasteiger partial charge in [-0.15, -0.1) is 0 Å². The zero-order chi connectivity index (χ0) is 13.0. The highest BCUT2D eigenvalue weighted by molar-refractivity contribution is 5.70. The molecule has 1 unspecified atom stereocenters. The summed E-state index contributed by atoms with van der Waals surface area (Å²) in [5.74, 6) is 1.04. The van der Waals surface area contributed by atoms with Crippen LogP contribution in [0.2, 0.25) is 0 Å². The highest BCUT2D eigenvalue weighted by Gasteiger charge is 2.35. The van der Waals surface area contributed by atoms with Crippen molar-refractivity contribution in [1.82, 2.24) is 9.97 Å². The number of hydrogen-bond acceptors (Lipinski definition) is 5. The minimum Gasteiger partial charge on any atom is -0.481 e. The Balaban J connectivity index is 2.11. The first-order valence-corrected chi connectivity index (χ1v) is 6.26. The van der Waals surface area contributed by atoms with Crippen LogP contribution in [-0.2, 0) is 9.53 Å². The number of esters is 1. The third-order valence-electron chi connectivity index (χ3n) is 3.14. The largest absolute Gasteiger partial charge is 0.481 e. The lowest BCUT2D eigenvalue weighted by Gasteiger charge is -2.15. The van der Waals surface area contributed by atoms with Gasteiger partial charge in [0.2, 0.25) is 5.88 Å². The molecule has 0 radical (unpaired) electrons. The van der Waals surface area contributed by atoms with Gasteiger partial charge in [0.1, 0.15) is 6.33 Å². The summed E-state index contributed by atoms with van der Waals surface area (Å²) in [6.07, 6.45) is 4.17. The molecule has 1 heterocycles. The minimum atomic E-state index is -0.160.